The van der Waals surface area contributed by atoms with Crippen molar-refractivity contribution in [1.29, 1.82) is 0 Å². The zero-order valence-electron chi connectivity index (χ0n) is 20.0. The first-order valence-electron chi connectivity index (χ1n) is 13.2. The number of ether oxygens (including phenoxy) is 1. The Morgan fingerprint density at radius 2 is 1.61 bits per heavy atom. The number of nitrogens with one attached hydrogen (secondary N) is 1. The molecule has 0 spiro atoms. The van der Waals surface area contributed by atoms with Crippen LogP contribution < -0.4 is 5.32 Å². The molecule has 31 heavy (non-hydrogen) atoms. The Labute approximate surface area is 189 Å². The van der Waals surface area contributed by atoms with Gasteiger partial charge in [-0.3, -0.25) is 14.5 Å². The first-order chi connectivity index (χ1) is 15.0. The zero-order chi connectivity index (χ0) is 22.0. The van der Waals surface area contributed by atoms with Gasteiger partial charge in [-0.05, 0) is 76.0 Å². The van der Waals surface area contributed by atoms with E-state index in [0.717, 1.165) is 25.7 Å². The lowest BCUT2D eigenvalue weighted by Crippen LogP contribution is -2.63. The normalized spacial score (nSPS) is 37.5. The monoisotopic (exact) mass is 432 g/mol. The van der Waals surface area contributed by atoms with Gasteiger partial charge < -0.3 is 10.1 Å². The predicted octanol–water partition coefficient (Wildman–Crippen LogP) is 4.68. The molecule has 2 saturated carbocycles. The highest BCUT2D eigenvalue weighted by Crippen LogP contribution is 2.51. The Hall–Kier alpha value is -1.10. The highest BCUT2D eigenvalue weighted by atomic mass is 16.5. The van der Waals surface area contributed by atoms with Gasteiger partial charge in [0.2, 0.25) is 5.91 Å². The summed E-state index contributed by atoms with van der Waals surface area (Å²) in [7, 11) is 0. The van der Waals surface area contributed by atoms with Crippen LogP contribution in [-0.4, -0.2) is 47.6 Å². The summed E-state index contributed by atoms with van der Waals surface area (Å²) < 4.78 is 5.33. The molecule has 3 unspecified atom stereocenters. The Kier molecular flexibility index (Phi) is 7.30. The number of hydrogen-bond acceptors (Lipinski definition) is 4. The molecule has 0 aromatic heterocycles. The van der Waals surface area contributed by atoms with Crippen molar-refractivity contribution in [3.8, 4) is 0 Å². The molecular weight excluding hydrogens is 388 g/mol. The number of carbonyl (C=O) groups excluding carboxylic acids is 2. The van der Waals surface area contributed by atoms with E-state index < -0.39 is 0 Å². The van der Waals surface area contributed by atoms with Crippen LogP contribution in [0.25, 0.3) is 0 Å². The Morgan fingerprint density at radius 1 is 0.968 bits per heavy atom. The van der Waals surface area contributed by atoms with Crippen LogP contribution in [0.2, 0.25) is 0 Å². The first-order valence-corrected chi connectivity index (χ1v) is 13.2. The van der Waals surface area contributed by atoms with Crippen LogP contribution in [0.15, 0.2) is 0 Å². The zero-order valence-corrected chi connectivity index (χ0v) is 20.0. The fourth-order valence-corrected chi connectivity index (χ4v) is 7.79. The average Bonchev–Trinajstić information content (AvgIpc) is 3.27. The topological polar surface area (TPSA) is 58.6 Å². The fourth-order valence-electron chi connectivity index (χ4n) is 7.79. The van der Waals surface area contributed by atoms with Crippen molar-refractivity contribution in [2.45, 2.75) is 115 Å². The molecule has 1 amide bonds. The van der Waals surface area contributed by atoms with Crippen LogP contribution in [0.4, 0.5) is 0 Å². The van der Waals surface area contributed by atoms with Gasteiger partial charge in [-0.15, -0.1) is 0 Å². The fraction of sp³-hybridized carbons (Fsp3) is 0.923. The molecule has 4 fully saturated rings. The van der Waals surface area contributed by atoms with E-state index in [2.05, 4.69) is 24.1 Å². The third-order valence-electron chi connectivity index (χ3n) is 9.28. The number of carbonyl (C=O) groups is 2. The molecule has 2 aliphatic heterocycles. The van der Waals surface area contributed by atoms with Gasteiger partial charge >= 0.3 is 5.97 Å². The molecule has 2 aliphatic carbocycles. The molecule has 0 aromatic rings. The average molecular weight is 433 g/mol. The Bertz CT molecular complexity index is 627. The van der Waals surface area contributed by atoms with Gasteiger partial charge in [0.05, 0.1) is 19.2 Å². The lowest BCUT2D eigenvalue weighted by molar-refractivity contribution is -0.146. The number of amides is 1. The molecule has 4 rings (SSSR count). The van der Waals surface area contributed by atoms with Gasteiger partial charge in [-0.1, -0.05) is 39.5 Å². The maximum Gasteiger partial charge on any atom is 0.320 e. The van der Waals surface area contributed by atoms with Crippen LogP contribution in [0.3, 0.4) is 0 Å². The van der Waals surface area contributed by atoms with Crippen molar-refractivity contribution in [2.75, 3.05) is 13.2 Å². The second-order valence-corrected chi connectivity index (χ2v) is 11.1. The van der Waals surface area contributed by atoms with Crippen molar-refractivity contribution in [1.82, 2.24) is 10.2 Å². The van der Waals surface area contributed by atoms with Crippen LogP contribution in [0.1, 0.15) is 97.8 Å². The van der Waals surface area contributed by atoms with E-state index in [-0.39, 0.29) is 29.4 Å². The van der Waals surface area contributed by atoms with Gasteiger partial charge in [-0.2, -0.15) is 0 Å². The standard InChI is InChI=1S/C26H44N2O3/c1-4-31-22(29)17-28-21-13-15-26(28,16-14-21)24(20-11-6-5-7-12-20)27-25(30)23-18(2)9-8-10-19(23)3/h18-21,23-24H,4-17H2,1-3H3,(H,27,30). The smallest absolute Gasteiger partial charge is 0.320 e. The minimum Gasteiger partial charge on any atom is -0.465 e. The summed E-state index contributed by atoms with van der Waals surface area (Å²) in [6.45, 7) is 7.23. The molecule has 5 nitrogen and oxygen atoms in total. The van der Waals surface area contributed by atoms with Crippen molar-refractivity contribution < 1.29 is 14.3 Å². The molecule has 4 aliphatic rings. The lowest BCUT2D eigenvalue weighted by atomic mass is 9.70. The summed E-state index contributed by atoms with van der Waals surface area (Å²) in [6, 6.07) is 0.642. The SMILES string of the molecule is CCOC(=O)CN1C2CCC1(C(NC(=O)C1C(C)CCCC1C)C1CCCCC1)CC2. The van der Waals surface area contributed by atoms with Crippen molar-refractivity contribution in [3.05, 3.63) is 0 Å². The minimum absolute atomic E-state index is 0.0593. The predicted molar refractivity (Wildman–Crippen MR) is 123 cm³/mol. The highest BCUT2D eigenvalue weighted by Gasteiger charge is 2.58. The van der Waals surface area contributed by atoms with Gasteiger partial charge in [-0.25, -0.2) is 0 Å². The van der Waals surface area contributed by atoms with E-state index in [0.29, 0.717) is 36.9 Å². The second kappa shape index (κ2) is 9.80. The van der Waals surface area contributed by atoms with E-state index in [4.69, 9.17) is 4.74 Å². The van der Waals surface area contributed by atoms with Crippen LogP contribution in [-0.2, 0) is 14.3 Å². The first kappa shape index (κ1) is 23.1. The molecule has 5 heteroatoms. The molecule has 2 heterocycles. The maximum absolute atomic E-state index is 13.7. The Morgan fingerprint density at radius 3 is 2.23 bits per heavy atom. The van der Waals surface area contributed by atoms with Crippen LogP contribution in [0.5, 0.6) is 0 Å². The summed E-state index contributed by atoms with van der Waals surface area (Å²) in [5, 5.41) is 3.68. The van der Waals surface area contributed by atoms with E-state index >= 15 is 0 Å². The van der Waals surface area contributed by atoms with E-state index in [1.54, 1.807) is 0 Å². The van der Waals surface area contributed by atoms with Gasteiger partial charge in [0.15, 0.2) is 0 Å². The number of rotatable bonds is 7. The molecule has 2 saturated heterocycles. The Balaban J connectivity index is 1.58. The lowest BCUT2D eigenvalue weighted by Gasteiger charge is -2.47. The summed E-state index contributed by atoms with van der Waals surface area (Å²) in [5.41, 5.74) is -0.0593. The number of hydrogen-bond donors (Lipinski definition) is 1. The van der Waals surface area contributed by atoms with E-state index in [9.17, 15) is 9.59 Å². The minimum atomic E-state index is -0.107. The molecule has 0 radical (unpaired) electrons. The van der Waals surface area contributed by atoms with Crippen molar-refractivity contribution >= 4 is 11.9 Å². The molecular formula is C26H44N2O3. The summed E-state index contributed by atoms with van der Waals surface area (Å²) in [6.07, 6.45) is 14.4. The molecule has 3 atom stereocenters. The number of fused-ring (bicyclic) bond motifs is 2. The maximum atomic E-state index is 13.7. The van der Waals surface area contributed by atoms with Crippen LogP contribution >= 0.6 is 0 Å². The molecule has 0 aromatic carbocycles. The summed E-state index contributed by atoms with van der Waals surface area (Å²) in [5.74, 6) is 1.77. The number of esters is 1. The largest absolute Gasteiger partial charge is 0.465 e. The summed E-state index contributed by atoms with van der Waals surface area (Å²) in [4.78, 5) is 28.6. The van der Waals surface area contributed by atoms with Gasteiger partial charge in [0, 0.05) is 17.5 Å². The molecule has 1 N–H and O–H groups in total. The third kappa shape index (κ3) is 4.54. The second-order valence-electron chi connectivity index (χ2n) is 11.1. The van der Waals surface area contributed by atoms with Crippen LogP contribution in [0, 0.1) is 23.7 Å². The van der Waals surface area contributed by atoms with E-state index in [1.165, 1.54) is 51.4 Å². The van der Waals surface area contributed by atoms with Gasteiger partial charge in [0.25, 0.3) is 0 Å². The van der Waals surface area contributed by atoms with Crippen molar-refractivity contribution in [3.63, 3.8) is 0 Å². The number of nitrogens with zero attached hydrogens (tertiary/aromatic N) is 1. The molecule has 176 valence electrons. The summed E-state index contributed by atoms with van der Waals surface area (Å²) >= 11 is 0. The van der Waals surface area contributed by atoms with Gasteiger partial charge in [0.1, 0.15) is 0 Å². The van der Waals surface area contributed by atoms with Crippen molar-refractivity contribution in [2.24, 2.45) is 23.7 Å². The van der Waals surface area contributed by atoms with E-state index in [1.807, 2.05) is 6.92 Å². The third-order valence-corrected chi connectivity index (χ3v) is 9.28. The quantitative estimate of drug-likeness (QED) is 0.593. The molecule has 2 bridgehead atoms. The highest BCUT2D eigenvalue weighted by molar-refractivity contribution is 5.80.